The summed E-state index contributed by atoms with van der Waals surface area (Å²) in [7, 11) is 0. The Balaban J connectivity index is 1.43. The second kappa shape index (κ2) is 8.86. The van der Waals surface area contributed by atoms with Crippen LogP contribution in [0.25, 0.3) is 0 Å². The minimum atomic E-state index is -0.324. The zero-order chi connectivity index (χ0) is 18.2. The number of nitrogens with one attached hydrogen (secondary N) is 1. The molecule has 2 aromatic carbocycles. The summed E-state index contributed by atoms with van der Waals surface area (Å²) < 4.78 is 5.80. The van der Waals surface area contributed by atoms with Crippen LogP contribution >= 0.6 is 0 Å². The third-order valence-electron chi connectivity index (χ3n) is 5.30. The Kier molecular flexibility index (Phi) is 6.29. The minimum Gasteiger partial charge on any atom is -0.489 e. The van der Waals surface area contributed by atoms with Crippen LogP contribution in [0, 0.1) is 5.41 Å². The molecule has 1 amide bonds. The Morgan fingerprint density at radius 2 is 1.69 bits per heavy atom. The quantitative estimate of drug-likeness (QED) is 0.765. The molecule has 0 heterocycles. The largest absolute Gasteiger partial charge is 0.489 e. The Labute approximate surface area is 155 Å². The molecule has 0 spiro atoms. The van der Waals surface area contributed by atoms with Crippen molar-refractivity contribution in [3.63, 3.8) is 0 Å². The summed E-state index contributed by atoms with van der Waals surface area (Å²) in [5, 5.41) is 3.08. The first-order chi connectivity index (χ1) is 12.7. The predicted octanol–water partition coefficient (Wildman–Crippen LogP) is 3.44. The van der Waals surface area contributed by atoms with E-state index in [4.69, 9.17) is 10.5 Å². The van der Waals surface area contributed by atoms with Crippen LogP contribution in [0.2, 0.25) is 0 Å². The molecule has 1 aliphatic carbocycles. The van der Waals surface area contributed by atoms with Crippen molar-refractivity contribution >= 4 is 5.91 Å². The van der Waals surface area contributed by atoms with Crippen LogP contribution in [-0.2, 0) is 17.8 Å². The summed E-state index contributed by atoms with van der Waals surface area (Å²) in [6.45, 7) is 1.66. The van der Waals surface area contributed by atoms with E-state index < -0.39 is 0 Å². The molecule has 0 atom stereocenters. The van der Waals surface area contributed by atoms with E-state index in [1.54, 1.807) is 0 Å². The smallest absolute Gasteiger partial charge is 0.227 e. The molecule has 4 nitrogen and oxygen atoms in total. The normalized spacial score (nSPS) is 15.6. The Hall–Kier alpha value is -2.33. The van der Waals surface area contributed by atoms with Gasteiger partial charge in [-0.3, -0.25) is 4.79 Å². The summed E-state index contributed by atoms with van der Waals surface area (Å²) in [5.74, 6) is 0.981. The van der Waals surface area contributed by atoms with Gasteiger partial charge in [-0.05, 0) is 42.5 Å². The summed E-state index contributed by atoms with van der Waals surface area (Å²) in [4.78, 5) is 12.5. The molecule has 3 N–H and O–H groups in total. The van der Waals surface area contributed by atoms with Crippen molar-refractivity contribution in [1.82, 2.24) is 5.32 Å². The molecule has 2 aromatic rings. The maximum Gasteiger partial charge on any atom is 0.227 e. The van der Waals surface area contributed by atoms with Crippen LogP contribution in [0.1, 0.15) is 36.8 Å². The SMILES string of the molecule is NCC1(C(=O)NCCc2ccc(OCc3ccccc3)cc2)CCCC1. The molecule has 0 aliphatic heterocycles. The van der Waals surface area contributed by atoms with Crippen LogP contribution in [0.15, 0.2) is 54.6 Å². The van der Waals surface area contributed by atoms with Gasteiger partial charge in [0, 0.05) is 13.1 Å². The molecule has 138 valence electrons. The molecule has 1 saturated carbocycles. The number of nitrogens with two attached hydrogens (primary N) is 1. The fraction of sp³-hybridized carbons (Fsp3) is 0.409. The molecule has 0 bridgehead atoms. The van der Waals surface area contributed by atoms with Gasteiger partial charge in [0.2, 0.25) is 5.91 Å². The van der Waals surface area contributed by atoms with Gasteiger partial charge in [-0.15, -0.1) is 0 Å². The van der Waals surface area contributed by atoms with E-state index in [1.165, 1.54) is 5.56 Å². The molecule has 1 fully saturated rings. The lowest BCUT2D eigenvalue weighted by Crippen LogP contribution is -2.44. The third-order valence-corrected chi connectivity index (χ3v) is 5.30. The molecular weight excluding hydrogens is 324 g/mol. The average Bonchev–Trinajstić information content (AvgIpc) is 3.18. The molecule has 0 saturated heterocycles. The highest BCUT2D eigenvalue weighted by molar-refractivity contribution is 5.83. The first-order valence-electron chi connectivity index (χ1n) is 9.46. The number of benzene rings is 2. The summed E-state index contributed by atoms with van der Waals surface area (Å²) in [5.41, 5.74) is 7.88. The van der Waals surface area contributed by atoms with Crippen molar-refractivity contribution in [2.24, 2.45) is 11.1 Å². The van der Waals surface area contributed by atoms with Crippen molar-refractivity contribution in [3.8, 4) is 5.75 Å². The Morgan fingerprint density at radius 1 is 1.00 bits per heavy atom. The summed E-state index contributed by atoms with van der Waals surface area (Å²) >= 11 is 0. The highest BCUT2D eigenvalue weighted by Gasteiger charge is 2.39. The van der Waals surface area contributed by atoms with E-state index in [-0.39, 0.29) is 11.3 Å². The van der Waals surface area contributed by atoms with E-state index in [1.807, 2.05) is 30.3 Å². The zero-order valence-corrected chi connectivity index (χ0v) is 15.2. The second-order valence-electron chi connectivity index (χ2n) is 7.12. The number of amides is 1. The first-order valence-corrected chi connectivity index (χ1v) is 9.46. The highest BCUT2D eigenvalue weighted by Crippen LogP contribution is 2.37. The van der Waals surface area contributed by atoms with Crippen molar-refractivity contribution < 1.29 is 9.53 Å². The number of ether oxygens (including phenoxy) is 1. The van der Waals surface area contributed by atoms with Crippen molar-refractivity contribution in [1.29, 1.82) is 0 Å². The molecule has 0 unspecified atom stereocenters. The standard InChI is InChI=1S/C22H28N2O2/c23-17-22(13-4-5-14-22)21(25)24-15-12-18-8-10-20(11-9-18)26-16-19-6-2-1-3-7-19/h1-3,6-11H,4-5,12-17,23H2,(H,24,25). The Morgan fingerprint density at radius 3 is 2.35 bits per heavy atom. The van der Waals surface area contributed by atoms with Gasteiger partial charge < -0.3 is 15.8 Å². The Bertz CT molecular complexity index is 692. The van der Waals surface area contributed by atoms with Gasteiger partial charge in [-0.1, -0.05) is 55.3 Å². The van der Waals surface area contributed by atoms with Crippen molar-refractivity contribution in [2.45, 2.75) is 38.7 Å². The highest BCUT2D eigenvalue weighted by atomic mass is 16.5. The molecule has 0 radical (unpaired) electrons. The molecule has 1 aliphatic rings. The van der Waals surface area contributed by atoms with Gasteiger partial charge in [-0.2, -0.15) is 0 Å². The fourth-order valence-electron chi connectivity index (χ4n) is 3.58. The number of carbonyl (C=O) groups is 1. The van der Waals surface area contributed by atoms with Crippen molar-refractivity contribution in [2.75, 3.05) is 13.1 Å². The lowest BCUT2D eigenvalue weighted by molar-refractivity contribution is -0.130. The van der Waals surface area contributed by atoms with E-state index in [0.717, 1.165) is 43.4 Å². The topological polar surface area (TPSA) is 64.4 Å². The van der Waals surface area contributed by atoms with E-state index in [0.29, 0.717) is 19.7 Å². The van der Waals surface area contributed by atoms with Crippen LogP contribution in [0.3, 0.4) is 0 Å². The van der Waals surface area contributed by atoms with Crippen LogP contribution in [0.4, 0.5) is 0 Å². The number of hydrogen-bond acceptors (Lipinski definition) is 3. The zero-order valence-electron chi connectivity index (χ0n) is 15.2. The van der Waals surface area contributed by atoms with Crippen LogP contribution in [-0.4, -0.2) is 19.0 Å². The lowest BCUT2D eigenvalue weighted by Gasteiger charge is -2.25. The molecule has 26 heavy (non-hydrogen) atoms. The van der Waals surface area contributed by atoms with Gasteiger partial charge in [-0.25, -0.2) is 0 Å². The monoisotopic (exact) mass is 352 g/mol. The third kappa shape index (κ3) is 4.64. The molecular formula is C22H28N2O2. The van der Waals surface area contributed by atoms with Crippen LogP contribution < -0.4 is 15.8 Å². The lowest BCUT2D eigenvalue weighted by atomic mass is 9.85. The maximum absolute atomic E-state index is 12.5. The minimum absolute atomic E-state index is 0.125. The van der Waals surface area contributed by atoms with Gasteiger partial charge in [0.15, 0.2) is 0 Å². The van der Waals surface area contributed by atoms with E-state index >= 15 is 0 Å². The van der Waals surface area contributed by atoms with Gasteiger partial charge in [0.25, 0.3) is 0 Å². The summed E-state index contributed by atoms with van der Waals surface area (Å²) in [6.07, 6.45) is 4.86. The molecule has 0 aromatic heterocycles. The number of carbonyl (C=O) groups excluding carboxylic acids is 1. The maximum atomic E-state index is 12.5. The first kappa shape index (κ1) is 18.5. The van der Waals surface area contributed by atoms with Crippen LogP contribution in [0.5, 0.6) is 5.75 Å². The fourth-order valence-corrected chi connectivity index (χ4v) is 3.58. The summed E-state index contributed by atoms with van der Waals surface area (Å²) in [6, 6.07) is 18.2. The van der Waals surface area contributed by atoms with E-state index in [9.17, 15) is 4.79 Å². The second-order valence-corrected chi connectivity index (χ2v) is 7.12. The van der Waals surface area contributed by atoms with E-state index in [2.05, 4.69) is 29.6 Å². The van der Waals surface area contributed by atoms with Gasteiger partial charge >= 0.3 is 0 Å². The van der Waals surface area contributed by atoms with Gasteiger partial charge in [0.1, 0.15) is 12.4 Å². The number of rotatable bonds is 8. The predicted molar refractivity (Wildman–Crippen MR) is 104 cm³/mol. The number of hydrogen-bond donors (Lipinski definition) is 2. The molecule has 4 heteroatoms. The van der Waals surface area contributed by atoms with Gasteiger partial charge in [0.05, 0.1) is 5.41 Å². The van der Waals surface area contributed by atoms with Crippen molar-refractivity contribution in [3.05, 3.63) is 65.7 Å². The average molecular weight is 352 g/mol. The molecule has 3 rings (SSSR count).